The molecule has 112 valence electrons. The Morgan fingerprint density at radius 1 is 1.27 bits per heavy atom. The first-order chi connectivity index (χ1) is 10.5. The molecule has 0 saturated carbocycles. The molecular weight excluding hydrogens is 300 g/mol. The van der Waals surface area contributed by atoms with Crippen LogP contribution in [0.3, 0.4) is 0 Å². The van der Waals surface area contributed by atoms with Gasteiger partial charge in [-0.15, -0.1) is 0 Å². The van der Waals surface area contributed by atoms with E-state index < -0.39 is 0 Å². The van der Waals surface area contributed by atoms with E-state index in [1.165, 1.54) is 11.8 Å². The third kappa shape index (κ3) is 3.07. The maximum atomic E-state index is 11.9. The summed E-state index contributed by atoms with van der Waals surface area (Å²) in [5.74, 6) is 1.26. The van der Waals surface area contributed by atoms with Crippen molar-refractivity contribution >= 4 is 34.6 Å². The molecule has 22 heavy (non-hydrogen) atoms. The average Bonchev–Trinajstić information content (AvgIpc) is 3.00. The van der Waals surface area contributed by atoms with Gasteiger partial charge < -0.3 is 14.8 Å². The van der Waals surface area contributed by atoms with Gasteiger partial charge in [0.05, 0.1) is 4.91 Å². The van der Waals surface area contributed by atoms with Gasteiger partial charge in [-0.2, -0.15) is 0 Å². The van der Waals surface area contributed by atoms with Gasteiger partial charge in [-0.3, -0.25) is 4.79 Å². The highest BCUT2D eigenvalue weighted by Crippen LogP contribution is 2.32. The molecule has 1 aliphatic heterocycles. The Morgan fingerprint density at radius 2 is 2.09 bits per heavy atom. The Bertz CT molecular complexity index is 805. The maximum Gasteiger partial charge on any atom is 0.264 e. The number of nitrogens with zero attached hydrogens (tertiary/aromatic N) is 1. The van der Waals surface area contributed by atoms with Gasteiger partial charge in [-0.1, -0.05) is 6.07 Å². The summed E-state index contributed by atoms with van der Waals surface area (Å²) in [7, 11) is 0. The van der Waals surface area contributed by atoms with E-state index in [4.69, 9.17) is 4.42 Å². The van der Waals surface area contributed by atoms with Crippen molar-refractivity contribution in [3.05, 3.63) is 52.3 Å². The van der Waals surface area contributed by atoms with E-state index in [9.17, 15) is 9.90 Å². The Morgan fingerprint density at radius 3 is 2.77 bits per heavy atom. The average molecular weight is 314 g/mol. The minimum atomic E-state index is -0.232. The van der Waals surface area contributed by atoms with Crippen LogP contribution in [0, 0.1) is 13.8 Å². The van der Waals surface area contributed by atoms with Crippen LogP contribution in [-0.4, -0.2) is 16.2 Å². The summed E-state index contributed by atoms with van der Waals surface area (Å²) in [4.78, 5) is 16.7. The van der Waals surface area contributed by atoms with Crippen molar-refractivity contribution in [2.75, 3.05) is 0 Å². The highest BCUT2D eigenvalue weighted by atomic mass is 32.2. The van der Waals surface area contributed by atoms with Crippen LogP contribution in [0.2, 0.25) is 0 Å². The number of hydrogen-bond donors (Lipinski definition) is 2. The summed E-state index contributed by atoms with van der Waals surface area (Å²) in [6.07, 6.45) is 1.67. The number of carbonyl (C=O) groups is 1. The fraction of sp³-hybridized carbons (Fsp3) is 0.125. The van der Waals surface area contributed by atoms with Gasteiger partial charge in [0.2, 0.25) is 0 Å². The number of amidine groups is 1. The minimum absolute atomic E-state index is 0.0847. The van der Waals surface area contributed by atoms with Gasteiger partial charge >= 0.3 is 0 Å². The zero-order chi connectivity index (χ0) is 15.7. The quantitative estimate of drug-likeness (QED) is 0.832. The smallest absolute Gasteiger partial charge is 0.264 e. The molecule has 0 aliphatic carbocycles. The molecule has 1 fully saturated rings. The Kier molecular flexibility index (Phi) is 3.77. The van der Waals surface area contributed by atoms with Crippen molar-refractivity contribution in [3.63, 3.8) is 0 Å². The first-order valence-electron chi connectivity index (χ1n) is 6.67. The van der Waals surface area contributed by atoms with Gasteiger partial charge in [0.15, 0.2) is 5.17 Å². The van der Waals surface area contributed by atoms with E-state index in [2.05, 4.69) is 10.3 Å². The molecule has 0 bridgehead atoms. The number of amides is 1. The third-order valence-electron chi connectivity index (χ3n) is 3.04. The Balaban J connectivity index is 1.85. The third-order valence-corrected chi connectivity index (χ3v) is 3.95. The second-order valence-electron chi connectivity index (χ2n) is 4.92. The molecule has 5 nitrogen and oxygen atoms in total. The molecule has 1 amide bonds. The van der Waals surface area contributed by atoms with Crippen molar-refractivity contribution in [1.82, 2.24) is 5.32 Å². The molecule has 1 aromatic heterocycles. The number of aromatic hydroxyl groups is 1. The second kappa shape index (κ2) is 5.73. The first kappa shape index (κ1) is 14.5. The van der Waals surface area contributed by atoms with Crippen LogP contribution in [0.4, 0.5) is 5.69 Å². The van der Waals surface area contributed by atoms with E-state index in [0.717, 1.165) is 11.3 Å². The SMILES string of the molecule is Cc1ccc(N=C2NC(=O)/C(=C/c3ccc(C)o3)S2)c(O)c1. The number of aryl methyl sites for hydroxylation is 2. The zero-order valence-electron chi connectivity index (χ0n) is 12.1. The van der Waals surface area contributed by atoms with Crippen LogP contribution in [0.25, 0.3) is 6.08 Å². The normalized spacial score (nSPS) is 18.2. The lowest BCUT2D eigenvalue weighted by Gasteiger charge is -2.01. The van der Waals surface area contributed by atoms with Gasteiger partial charge in [-0.25, -0.2) is 4.99 Å². The topological polar surface area (TPSA) is 74.8 Å². The van der Waals surface area contributed by atoms with Crippen LogP contribution in [-0.2, 0) is 4.79 Å². The largest absolute Gasteiger partial charge is 0.506 e. The fourth-order valence-corrected chi connectivity index (χ4v) is 2.79. The van der Waals surface area contributed by atoms with E-state index in [1.54, 1.807) is 24.3 Å². The van der Waals surface area contributed by atoms with E-state index in [0.29, 0.717) is 21.5 Å². The Labute approximate surface area is 131 Å². The number of rotatable bonds is 2. The van der Waals surface area contributed by atoms with Gasteiger partial charge in [0.1, 0.15) is 23.0 Å². The molecule has 0 radical (unpaired) electrons. The summed E-state index contributed by atoms with van der Waals surface area (Å²) >= 11 is 1.21. The monoisotopic (exact) mass is 314 g/mol. The predicted molar refractivity (Wildman–Crippen MR) is 87.1 cm³/mol. The number of furan rings is 1. The molecule has 0 atom stereocenters. The summed E-state index contributed by atoms with van der Waals surface area (Å²) < 4.78 is 5.43. The number of carbonyl (C=O) groups excluding carboxylic acids is 1. The van der Waals surface area contributed by atoms with Gasteiger partial charge in [0, 0.05) is 6.08 Å². The number of aliphatic imine (C=N–C) groups is 1. The van der Waals surface area contributed by atoms with Gasteiger partial charge in [0.25, 0.3) is 5.91 Å². The van der Waals surface area contributed by atoms with E-state index in [-0.39, 0.29) is 11.7 Å². The fourth-order valence-electron chi connectivity index (χ4n) is 1.98. The second-order valence-corrected chi connectivity index (χ2v) is 5.95. The van der Waals surface area contributed by atoms with Crippen molar-refractivity contribution < 1.29 is 14.3 Å². The number of thioether (sulfide) groups is 1. The lowest BCUT2D eigenvalue weighted by Crippen LogP contribution is -2.19. The minimum Gasteiger partial charge on any atom is -0.506 e. The van der Waals surface area contributed by atoms with Crippen LogP contribution in [0.15, 0.2) is 44.6 Å². The lowest BCUT2D eigenvalue weighted by atomic mass is 10.2. The zero-order valence-corrected chi connectivity index (χ0v) is 12.9. The summed E-state index contributed by atoms with van der Waals surface area (Å²) in [5.41, 5.74) is 1.36. The summed E-state index contributed by atoms with van der Waals surface area (Å²) in [5, 5.41) is 13.0. The molecule has 6 heteroatoms. The van der Waals surface area contributed by atoms with Crippen LogP contribution >= 0.6 is 11.8 Å². The molecule has 2 N–H and O–H groups in total. The number of phenols is 1. The molecule has 1 saturated heterocycles. The first-order valence-corrected chi connectivity index (χ1v) is 7.48. The Hall–Kier alpha value is -2.47. The molecule has 2 aromatic rings. The van der Waals surface area contributed by atoms with Crippen molar-refractivity contribution in [1.29, 1.82) is 0 Å². The molecule has 1 aromatic carbocycles. The van der Waals surface area contributed by atoms with E-state index in [1.807, 2.05) is 26.0 Å². The van der Waals surface area contributed by atoms with Crippen molar-refractivity contribution in [2.24, 2.45) is 4.99 Å². The summed E-state index contributed by atoms with van der Waals surface area (Å²) in [6.45, 7) is 3.73. The van der Waals surface area contributed by atoms with Crippen LogP contribution in [0.5, 0.6) is 5.75 Å². The number of benzene rings is 1. The highest BCUT2D eigenvalue weighted by Gasteiger charge is 2.24. The van der Waals surface area contributed by atoms with Crippen LogP contribution in [0.1, 0.15) is 17.1 Å². The molecular formula is C16H14N2O3S. The maximum absolute atomic E-state index is 11.9. The predicted octanol–water partition coefficient (Wildman–Crippen LogP) is 3.49. The van der Waals surface area contributed by atoms with Gasteiger partial charge in [-0.05, 0) is 55.4 Å². The number of hydrogen-bond acceptors (Lipinski definition) is 5. The molecule has 0 spiro atoms. The molecule has 2 heterocycles. The van der Waals surface area contributed by atoms with Crippen molar-refractivity contribution in [3.8, 4) is 5.75 Å². The van der Waals surface area contributed by atoms with Crippen molar-refractivity contribution in [2.45, 2.75) is 13.8 Å². The number of phenolic OH excluding ortho intramolecular Hbond substituents is 1. The molecule has 3 rings (SSSR count). The van der Waals surface area contributed by atoms with Crippen LogP contribution < -0.4 is 5.32 Å². The molecule has 1 aliphatic rings. The standard InChI is InChI=1S/C16H14N2O3S/c1-9-3-6-12(13(19)7-9)17-16-18-15(20)14(22-16)8-11-5-4-10(2)21-11/h3-8,19H,1-2H3,(H,17,18,20)/b14-8-. The number of nitrogens with one attached hydrogen (secondary N) is 1. The summed E-state index contributed by atoms with van der Waals surface area (Å²) in [6, 6.07) is 8.83. The van der Waals surface area contributed by atoms with E-state index >= 15 is 0 Å². The highest BCUT2D eigenvalue weighted by molar-refractivity contribution is 8.18. The molecule has 0 unspecified atom stereocenters. The lowest BCUT2D eigenvalue weighted by molar-refractivity contribution is -0.115.